The van der Waals surface area contributed by atoms with E-state index in [1.54, 1.807) is 20.8 Å². The molecule has 1 aromatic carbocycles. The van der Waals surface area contributed by atoms with Crippen LogP contribution in [0.25, 0.3) is 0 Å². The lowest BCUT2D eigenvalue weighted by molar-refractivity contribution is -0.170. The van der Waals surface area contributed by atoms with Crippen LogP contribution in [0.4, 0.5) is 0 Å². The Morgan fingerprint density at radius 1 is 1.20 bits per heavy atom. The van der Waals surface area contributed by atoms with Crippen molar-refractivity contribution in [2.24, 2.45) is 5.92 Å². The van der Waals surface area contributed by atoms with E-state index in [0.717, 1.165) is 5.56 Å². The molecule has 0 bridgehead atoms. The van der Waals surface area contributed by atoms with Crippen LogP contribution in [0.1, 0.15) is 39.7 Å². The second kappa shape index (κ2) is 7.08. The largest absolute Gasteiger partial charge is 0.453 e. The molecule has 0 aliphatic carbocycles. The van der Waals surface area contributed by atoms with Gasteiger partial charge in [-0.15, -0.1) is 0 Å². The molecule has 4 nitrogen and oxygen atoms in total. The van der Waals surface area contributed by atoms with E-state index in [0.29, 0.717) is 6.42 Å². The fourth-order valence-corrected chi connectivity index (χ4v) is 1.65. The first-order valence-electron chi connectivity index (χ1n) is 6.80. The van der Waals surface area contributed by atoms with Gasteiger partial charge >= 0.3 is 11.9 Å². The fraction of sp³-hybridized carbons (Fsp3) is 0.500. The lowest BCUT2D eigenvalue weighted by Gasteiger charge is -2.25. The standard InChI is InChI=1S/C16H22O4/c1-5-12(2)15(18)19-11-14(17)20-16(3,4)13-9-7-6-8-10-13/h6-10,12H,5,11H2,1-4H3. The van der Waals surface area contributed by atoms with Gasteiger partial charge in [-0.3, -0.25) is 4.79 Å². The highest BCUT2D eigenvalue weighted by atomic mass is 16.6. The molecule has 110 valence electrons. The van der Waals surface area contributed by atoms with Crippen LogP contribution in [0.5, 0.6) is 0 Å². The first-order valence-corrected chi connectivity index (χ1v) is 6.80. The van der Waals surface area contributed by atoms with E-state index in [-0.39, 0.29) is 18.5 Å². The van der Waals surface area contributed by atoms with E-state index in [1.807, 2.05) is 37.3 Å². The number of benzene rings is 1. The molecule has 0 aromatic heterocycles. The first kappa shape index (κ1) is 16.2. The summed E-state index contributed by atoms with van der Waals surface area (Å²) < 4.78 is 10.3. The Labute approximate surface area is 120 Å². The molecule has 0 saturated heterocycles. The minimum Gasteiger partial charge on any atom is -0.453 e. The zero-order valence-electron chi connectivity index (χ0n) is 12.5. The Kier molecular flexibility index (Phi) is 5.74. The highest BCUT2D eigenvalue weighted by Gasteiger charge is 2.26. The number of esters is 2. The third kappa shape index (κ3) is 4.68. The zero-order valence-corrected chi connectivity index (χ0v) is 12.5. The van der Waals surface area contributed by atoms with Gasteiger partial charge in [0.15, 0.2) is 6.61 Å². The molecule has 0 N–H and O–H groups in total. The van der Waals surface area contributed by atoms with Crippen LogP contribution < -0.4 is 0 Å². The Balaban J connectivity index is 2.52. The minimum absolute atomic E-state index is 0.204. The molecule has 1 unspecified atom stereocenters. The fourth-order valence-electron chi connectivity index (χ4n) is 1.65. The summed E-state index contributed by atoms with van der Waals surface area (Å²) in [7, 11) is 0. The van der Waals surface area contributed by atoms with E-state index in [4.69, 9.17) is 9.47 Å². The van der Waals surface area contributed by atoms with Crippen molar-refractivity contribution in [3.05, 3.63) is 35.9 Å². The molecule has 0 saturated carbocycles. The molecular formula is C16H22O4. The molecule has 1 atom stereocenters. The van der Waals surface area contributed by atoms with Gasteiger partial charge in [0.05, 0.1) is 5.92 Å². The van der Waals surface area contributed by atoms with Gasteiger partial charge in [-0.25, -0.2) is 4.79 Å². The van der Waals surface area contributed by atoms with Gasteiger partial charge in [0.2, 0.25) is 0 Å². The lowest BCUT2D eigenvalue weighted by atomic mass is 9.98. The van der Waals surface area contributed by atoms with Crippen LogP contribution in [0, 0.1) is 5.92 Å². The second-order valence-electron chi connectivity index (χ2n) is 5.27. The Hall–Kier alpha value is -1.84. The molecule has 0 radical (unpaired) electrons. The number of hydrogen-bond acceptors (Lipinski definition) is 4. The van der Waals surface area contributed by atoms with E-state index in [1.165, 1.54) is 0 Å². The van der Waals surface area contributed by atoms with Crippen molar-refractivity contribution >= 4 is 11.9 Å². The molecule has 1 rings (SSSR count). The topological polar surface area (TPSA) is 52.6 Å². The highest BCUT2D eigenvalue weighted by molar-refractivity contribution is 5.77. The third-order valence-electron chi connectivity index (χ3n) is 3.19. The predicted molar refractivity (Wildman–Crippen MR) is 76.0 cm³/mol. The summed E-state index contributed by atoms with van der Waals surface area (Å²) in [6.07, 6.45) is 0.684. The zero-order chi connectivity index (χ0) is 15.2. The maximum Gasteiger partial charge on any atom is 0.345 e. The van der Waals surface area contributed by atoms with Crippen molar-refractivity contribution in [3.8, 4) is 0 Å². The van der Waals surface area contributed by atoms with Gasteiger partial charge in [-0.2, -0.15) is 0 Å². The van der Waals surface area contributed by atoms with Crippen LogP contribution in [-0.2, 0) is 24.7 Å². The quantitative estimate of drug-likeness (QED) is 0.750. The normalized spacial score (nSPS) is 12.6. The summed E-state index contributed by atoms with van der Waals surface area (Å²) in [5, 5.41) is 0. The van der Waals surface area contributed by atoms with Crippen molar-refractivity contribution < 1.29 is 19.1 Å². The number of carbonyl (C=O) groups is 2. The van der Waals surface area contributed by atoms with Crippen LogP contribution in [0.15, 0.2) is 30.3 Å². The summed E-state index contributed by atoms with van der Waals surface area (Å²) in [5.74, 6) is -1.12. The van der Waals surface area contributed by atoms with Crippen molar-refractivity contribution in [2.45, 2.75) is 39.7 Å². The van der Waals surface area contributed by atoms with Crippen molar-refractivity contribution in [3.63, 3.8) is 0 Å². The molecule has 0 aliphatic rings. The second-order valence-corrected chi connectivity index (χ2v) is 5.27. The maximum atomic E-state index is 11.7. The van der Waals surface area contributed by atoms with Gasteiger partial charge < -0.3 is 9.47 Å². The summed E-state index contributed by atoms with van der Waals surface area (Å²) in [5.41, 5.74) is 0.141. The van der Waals surface area contributed by atoms with Crippen molar-refractivity contribution in [1.29, 1.82) is 0 Å². The maximum absolute atomic E-state index is 11.7. The Morgan fingerprint density at radius 2 is 1.80 bits per heavy atom. The SMILES string of the molecule is CCC(C)C(=O)OCC(=O)OC(C)(C)c1ccccc1. The van der Waals surface area contributed by atoms with Gasteiger partial charge in [0.1, 0.15) is 5.60 Å². The van der Waals surface area contributed by atoms with Gasteiger partial charge in [0, 0.05) is 0 Å². The number of rotatable bonds is 6. The summed E-state index contributed by atoms with van der Waals surface area (Å²) in [6.45, 7) is 6.91. The molecule has 0 spiro atoms. The highest BCUT2D eigenvalue weighted by Crippen LogP contribution is 2.24. The Morgan fingerprint density at radius 3 is 2.35 bits per heavy atom. The smallest absolute Gasteiger partial charge is 0.345 e. The van der Waals surface area contributed by atoms with Gasteiger partial charge in [0.25, 0.3) is 0 Å². The third-order valence-corrected chi connectivity index (χ3v) is 3.19. The average molecular weight is 278 g/mol. The molecule has 0 heterocycles. The van der Waals surface area contributed by atoms with Crippen LogP contribution >= 0.6 is 0 Å². The summed E-state index contributed by atoms with van der Waals surface area (Å²) in [4.78, 5) is 23.2. The molecular weight excluding hydrogens is 256 g/mol. The molecule has 0 aliphatic heterocycles. The van der Waals surface area contributed by atoms with Crippen LogP contribution in [0.2, 0.25) is 0 Å². The first-order chi connectivity index (χ1) is 9.36. The number of hydrogen-bond donors (Lipinski definition) is 0. The Bertz CT molecular complexity index is 451. The van der Waals surface area contributed by atoms with E-state index in [9.17, 15) is 9.59 Å². The monoisotopic (exact) mass is 278 g/mol. The van der Waals surface area contributed by atoms with E-state index < -0.39 is 11.6 Å². The molecule has 1 aromatic rings. The van der Waals surface area contributed by atoms with E-state index >= 15 is 0 Å². The molecule has 4 heteroatoms. The molecule has 20 heavy (non-hydrogen) atoms. The van der Waals surface area contributed by atoms with Crippen molar-refractivity contribution in [2.75, 3.05) is 6.61 Å². The molecule has 0 fully saturated rings. The summed E-state index contributed by atoms with van der Waals surface area (Å²) >= 11 is 0. The van der Waals surface area contributed by atoms with Crippen molar-refractivity contribution in [1.82, 2.24) is 0 Å². The minimum atomic E-state index is -0.749. The average Bonchev–Trinajstić information content (AvgIpc) is 2.44. The number of ether oxygens (including phenoxy) is 2. The lowest BCUT2D eigenvalue weighted by Crippen LogP contribution is -2.29. The number of carbonyl (C=O) groups excluding carboxylic acids is 2. The van der Waals surface area contributed by atoms with Gasteiger partial charge in [-0.05, 0) is 25.8 Å². The van der Waals surface area contributed by atoms with Crippen LogP contribution in [-0.4, -0.2) is 18.5 Å². The molecule has 0 amide bonds. The predicted octanol–water partition coefficient (Wildman–Crippen LogP) is 3.05. The van der Waals surface area contributed by atoms with Crippen LogP contribution in [0.3, 0.4) is 0 Å². The van der Waals surface area contributed by atoms with E-state index in [2.05, 4.69) is 0 Å². The summed E-state index contributed by atoms with van der Waals surface area (Å²) in [6, 6.07) is 9.44. The van der Waals surface area contributed by atoms with Gasteiger partial charge in [-0.1, -0.05) is 44.2 Å².